The minimum atomic E-state index is -0.830. The number of amides is 1. The summed E-state index contributed by atoms with van der Waals surface area (Å²) < 4.78 is 28.2. The Morgan fingerprint density at radius 2 is 2.00 bits per heavy atom. The second-order valence-electron chi connectivity index (χ2n) is 4.99. The van der Waals surface area contributed by atoms with E-state index in [2.05, 4.69) is 15.9 Å². The fourth-order valence-corrected chi connectivity index (χ4v) is 3.32. The van der Waals surface area contributed by atoms with Gasteiger partial charge in [0.2, 0.25) is 0 Å². The van der Waals surface area contributed by atoms with Crippen molar-refractivity contribution >= 4 is 33.2 Å². The van der Waals surface area contributed by atoms with E-state index in [1.54, 1.807) is 4.90 Å². The van der Waals surface area contributed by atoms with Crippen LogP contribution in [0, 0.1) is 11.6 Å². The molecule has 1 aromatic heterocycles. The molecule has 1 fully saturated rings. The van der Waals surface area contributed by atoms with E-state index in [0.717, 1.165) is 29.9 Å². The number of carbonyl (C=O) groups excluding carboxylic acids is 1. The molecule has 0 atom stereocenters. The molecule has 0 unspecified atom stereocenters. The lowest BCUT2D eigenvalue weighted by atomic mass is 10.1. The van der Waals surface area contributed by atoms with Crippen LogP contribution >= 0.6 is 27.3 Å². The van der Waals surface area contributed by atoms with Crippen molar-refractivity contribution in [2.24, 2.45) is 0 Å². The van der Waals surface area contributed by atoms with E-state index < -0.39 is 23.1 Å². The lowest BCUT2D eigenvalue weighted by Crippen LogP contribution is -2.33. The van der Waals surface area contributed by atoms with E-state index in [-0.39, 0.29) is 10.5 Å². The molecule has 21 heavy (non-hydrogen) atoms. The molecular formula is C15H12BrF2NOS. The molecule has 0 N–H and O–H groups in total. The van der Waals surface area contributed by atoms with Gasteiger partial charge in [-0.05, 0) is 36.4 Å². The molecule has 1 heterocycles. The first-order chi connectivity index (χ1) is 10.1. The Bertz CT molecular complexity index is 647. The Morgan fingerprint density at radius 3 is 2.52 bits per heavy atom. The van der Waals surface area contributed by atoms with E-state index in [1.807, 2.05) is 17.5 Å². The van der Waals surface area contributed by atoms with Crippen LogP contribution in [0.15, 0.2) is 34.1 Å². The molecule has 110 valence electrons. The summed E-state index contributed by atoms with van der Waals surface area (Å²) >= 11 is 4.55. The molecule has 6 heteroatoms. The number of thiophene rings is 1. The van der Waals surface area contributed by atoms with Crippen molar-refractivity contribution in [3.8, 4) is 0 Å². The number of carbonyl (C=O) groups is 1. The smallest absolute Gasteiger partial charge is 0.260 e. The fraction of sp³-hybridized carbons (Fsp3) is 0.267. The molecule has 1 aromatic carbocycles. The van der Waals surface area contributed by atoms with Gasteiger partial charge in [0.05, 0.1) is 6.54 Å². The summed E-state index contributed by atoms with van der Waals surface area (Å²) in [7, 11) is 0. The van der Waals surface area contributed by atoms with Gasteiger partial charge >= 0.3 is 0 Å². The standard InChI is InChI=1S/C15H12BrF2NOS/c16-9-6-12(17)14(13(18)7-9)15(20)19(10-3-4-10)8-11-2-1-5-21-11/h1-2,5-7,10H,3-4,8H2. The van der Waals surface area contributed by atoms with Crippen LogP contribution in [0.2, 0.25) is 0 Å². The van der Waals surface area contributed by atoms with E-state index in [0.29, 0.717) is 6.54 Å². The van der Waals surface area contributed by atoms with Gasteiger partial charge in [0, 0.05) is 15.4 Å². The summed E-state index contributed by atoms with van der Waals surface area (Å²) in [5.41, 5.74) is -0.471. The third-order valence-corrected chi connectivity index (χ3v) is 4.69. The van der Waals surface area contributed by atoms with Crippen LogP contribution in [0.25, 0.3) is 0 Å². The van der Waals surface area contributed by atoms with Crippen LogP contribution in [0.3, 0.4) is 0 Å². The van der Waals surface area contributed by atoms with Crippen molar-refractivity contribution < 1.29 is 13.6 Å². The molecule has 0 spiro atoms. The third kappa shape index (κ3) is 3.16. The second kappa shape index (κ2) is 5.85. The van der Waals surface area contributed by atoms with E-state index in [1.165, 1.54) is 11.3 Å². The highest BCUT2D eigenvalue weighted by Gasteiger charge is 2.35. The summed E-state index contributed by atoms with van der Waals surface area (Å²) in [4.78, 5) is 15.1. The van der Waals surface area contributed by atoms with Gasteiger partial charge in [0.15, 0.2) is 0 Å². The maximum atomic E-state index is 14.0. The van der Waals surface area contributed by atoms with Gasteiger partial charge in [-0.2, -0.15) is 0 Å². The molecule has 2 nitrogen and oxygen atoms in total. The van der Waals surface area contributed by atoms with Crippen molar-refractivity contribution in [1.82, 2.24) is 4.90 Å². The minimum Gasteiger partial charge on any atom is -0.330 e. The number of halogens is 3. The monoisotopic (exact) mass is 371 g/mol. The molecule has 0 saturated heterocycles. The summed E-state index contributed by atoms with van der Waals surface area (Å²) in [5, 5.41) is 1.92. The highest BCUT2D eigenvalue weighted by molar-refractivity contribution is 9.10. The Kier molecular flexibility index (Phi) is 4.08. The Balaban J connectivity index is 1.91. The van der Waals surface area contributed by atoms with Gasteiger partial charge in [-0.25, -0.2) is 8.78 Å². The molecule has 0 aliphatic heterocycles. The lowest BCUT2D eigenvalue weighted by Gasteiger charge is -2.22. The highest BCUT2D eigenvalue weighted by Crippen LogP contribution is 2.32. The largest absolute Gasteiger partial charge is 0.330 e. The van der Waals surface area contributed by atoms with Crippen LogP contribution in [0.5, 0.6) is 0 Å². The molecule has 1 aliphatic rings. The molecule has 2 aromatic rings. The first-order valence-electron chi connectivity index (χ1n) is 6.54. The predicted octanol–water partition coefficient (Wildman–Crippen LogP) is 4.59. The second-order valence-corrected chi connectivity index (χ2v) is 6.94. The Hall–Kier alpha value is -1.27. The van der Waals surface area contributed by atoms with Crippen LogP contribution in [-0.4, -0.2) is 16.8 Å². The van der Waals surface area contributed by atoms with Crippen molar-refractivity contribution in [2.75, 3.05) is 0 Å². The van der Waals surface area contributed by atoms with Crippen LogP contribution in [0.1, 0.15) is 28.1 Å². The zero-order valence-corrected chi connectivity index (χ0v) is 13.4. The van der Waals surface area contributed by atoms with E-state index in [4.69, 9.17) is 0 Å². The Labute approximate surface area is 133 Å². The van der Waals surface area contributed by atoms with Crippen LogP contribution in [0.4, 0.5) is 8.78 Å². The average Bonchev–Trinajstić information content (AvgIpc) is 3.11. The topological polar surface area (TPSA) is 20.3 Å². The molecular weight excluding hydrogens is 360 g/mol. The van der Waals surface area contributed by atoms with Gasteiger partial charge in [-0.1, -0.05) is 22.0 Å². The summed E-state index contributed by atoms with van der Waals surface area (Å²) in [6, 6.07) is 6.14. The highest BCUT2D eigenvalue weighted by atomic mass is 79.9. The maximum absolute atomic E-state index is 14.0. The quantitative estimate of drug-likeness (QED) is 0.769. The SMILES string of the molecule is O=C(c1c(F)cc(Br)cc1F)N(Cc1cccs1)C1CC1. The Morgan fingerprint density at radius 1 is 1.33 bits per heavy atom. The zero-order valence-electron chi connectivity index (χ0n) is 11.0. The molecule has 0 bridgehead atoms. The maximum Gasteiger partial charge on any atom is 0.260 e. The summed E-state index contributed by atoms with van der Waals surface area (Å²) in [6.45, 7) is 0.399. The molecule has 3 rings (SSSR count). The first kappa shape index (κ1) is 14.7. The zero-order chi connectivity index (χ0) is 15.0. The number of hydrogen-bond donors (Lipinski definition) is 0. The number of hydrogen-bond acceptors (Lipinski definition) is 2. The molecule has 1 aliphatic carbocycles. The molecule has 0 radical (unpaired) electrons. The number of benzene rings is 1. The minimum absolute atomic E-state index is 0.0852. The van der Waals surface area contributed by atoms with Gasteiger partial charge in [-0.3, -0.25) is 4.79 Å². The molecule has 1 saturated carbocycles. The fourth-order valence-electron chi connectivity index (χ4n) is 2.21. The van der Waals surface area contributed by atoms with Crippen molar-refractivity contribution in [3.05, 3.63) is 56.2 Å². The summed E-state index contributed by atoms with van der Waals surface area (Å²) in [6.07, 6.45) is 1.77. The number of rotatable bonds is 4. The van der Waals surface area contributed by atoms with E-state index in [9.17, 15) is 13.6 Å². The van der Waals surface area contributed by atoms with Gasteiger partial charge in [-0.15, -0.1) is 11.3 Å². The van der Waals surface area contributed by atoms with E-state index >= 15 is 0 Å². The predicted molar refractivity (Wildman–Crippen MR) is 81.3 cm³/mol. The van der Waals surface area contributed by atoms with Gasteiger partial charge < -0.3 is 4.90 Å². The van der Waals surface area contributed by atoms with Crippen molar-refractivity contribution in [1.29, 1.82) is 0 Å². The van der Waals surface area contributed by atoms with Crippen molar-refractivity contribution in [3.63, 3.8) is 0 Å². The normalized spacial score (nSPS) is 14.2. The van der Waals surface area contributed by atoms with Crippen LogP contribution in [-0.2, 0) is 6.54 Å². The molecule has 1 amide bonds. The van der Waals surface area contributed by atoms with Gasteiger partial charge in [0.1, 0.15) is 17.2 Å². The first-order valence-corrected chi connectivity index (χ1v) is 8.21. The van der Waals surface area contributed by atoms with Gasteiger partial charge in [0.25, 0.3) is 5.91 Å². The van der Waals surface area contributed by atoms with Crippen LogP contribution < -0.4 is 0 Å². The third-order valence-electron chi connectivity index (χ3n) is 3.38. The summed E-state index contributed by atoms with van der Waals surface area (Å²) in [5.74, 6) is -2.24. The average molecular weight is 372 g/mol. The lowest BCUT2D eigenvalue weighted by molar-refractivity contribution is 0.0721. The number of nitrogens with zero attached hydrogens (tertiary/aromatic N) is 1. The van der Waals surface area contributed by atoms with Crippen molar-refractivity contribution in [2.45, 2.75) is 25.4 Å².